The first-order chi connectivity index (χ1) is 18.4. The molecule has 38 heavy (non-hydrogen) atoms. The Morgan fingerprint density at radius 3 is 2.89 bits per heavy atom. The average molecular weight is 578 g/mol. The lowest BCUT2D eigenvalue weighted by Crippen LogP contribution is -2.37. The Hall–Kier alpha value is -3.94. The van der Waals surface area contributed by atoms with Gasteiger partial charge in [0.2, 0.25) is 5.91 Å². The number of aromatic nitrogens is 1. The number of nitrogens with zero attached hydrogens (tertiary/aromatic N) is 3. The third kappa shape index (κ3) is 6.30. The summed E-state index contributed by atoms with van der Waals surface area (Å²) in [6, 6.07) is 13.0. The summed E-state index contributed by atoms with van der Waals surface area (Å²) in [5, 5.41) is 16.5. The molecule has 4 rings (SSSR count). The number of methoxy groups -OCH3 is 1. The number of rotatable bonds is 9. The summed E-state index contributed by atoms with van der Waals surface area (Å²) in [5.41, 5.74) is 2.76. The van der Waals surface area contributed by atoms with Crippen molar-refractivity contribution in [1.82, 2.24) is 9.88 Å². The lowest BCUT2D eigenvalue weighted by Gasteiger charge is -2.21. The predicted octanol–water partition coefficient (Wildman–Crippen LogP) is 5.14. The van der Waals surface area contributed by atoms with Crippen molar-refractivity contribution < 1.29 is 19.1 Å². The van der Waals surface area contributed by atoms with Crippen LogP contribution in [0.15, 0.2) is 59.2 Å². The van der Waals surface area contributed by atoms with Crippen LogP contribution in [0.1, 0.15) is 25.3 Å². The van der Waals surface area contributed by atoms with Gasteiger partial charge in [-0.25, -0.2) is 0 Å². The molecule has 2 N–H and O–H groups in total. The molecule has 1 aliphatic heterocycles. The summed E-state index contributed by atoms with van der Waals surface area (Å²) in [5.74, 6) is -0.131. The van der Waals surface area contributed by atoms with E-state index in [1.165, 1.54) is 19.4 Å². The van der Waals surface area contributed by atoms with E-state index in [1.807, 2.05) is 29.2 Å². The average Bonchev–Trinajstić information content (AvgIpc) is 3.37. The van der Waals surface area contributed by atoms with Crippen molar-refractivity contribution in [1.29, 1.82) is 5.26 Å². The molecule has 0 saturated carbocycles. The molecule has 1 aliphatic rings. The number of pyridine rings is 1. The lowest BCUT2D eigenvalue weighted by molar-refractivity contribution is -0.148. The maximum absolute atomic E-state index is 12.8. The van der Waals surface area contributed by atoms with E-state index >= 15 is 0 Å². The molecule has 0 radical (unpaired) electrons. The van der Waals surface area contributed by atoms with Gasteiger partial charge in [0.1, 0.15) is 17.9 Å². The first kappa shape index (κ1) is 27.1. The fourth-order valence-corrected chi connectivity index (χ4v) is 4.84. The summed E-state index contributed by atoms with van der Waals surface area (Å²) < 4.78 is 11.6. The van der Waals surface area contributed by atoms with E-state index in [2.05, 4.69) is 37.6 Å². The summed E-state index contributed by atoms with van der Waals surface area (Å²) in [6.45, 7) is 3.37. The van der Waals surface area contributed by atoms with Crippen LogP contribution in [-0.2, 0) is 14.3 Å². The third-order valence-corrected chi connectivity index (χ3v) is 6.69. The van der Waals surface area contributed by atoms with E-state index in [1.54, 1.807) is 25.1 Å². The standard InChI is InChI=1S/C28H28BrN5O4/c1-3-38-28(36)24-9-5-11-34(24)12-6-10-26(35)33-23-14-21-22(15-25(23)37-2)31-17-18(16-30)27(21)32-20-8-4-7-19(29)13-20/h4,6-8,10,13-15,17,24H,3,5,9,11-12H2,1-2H3,(H,31,32)(H,33,35). The number of amides is 1. The van der Waals surface area contributed by atoms with Gasteiger partial charge >= 0.3 is 5.97 Å². The van der Waals surface area contributed by atoms with Gasteiger partial charge in [0.25, 0.3) is 0 Å². The van der Waals surface area contributed by atoms with Crippen molar-refractivity contribution in [2.75, 3.05) is 37.4 Å². The molecule has 0 aliphatic carbocycles. The minimum Gasteiger partial charge on any atom is -0.494 e. The van der Waals surface area contributed by atoms with E-state index < -0.39 is 0 Å². The molecule has 1 unspecified atom stereocenters. The van der Waals surface area contributed by atoms with Gasteiger partial charge in [-0.15, -0.1) is 0 Å². The highest BCUT2D eigenvalue weighted by Crippen LogP contribution is 2.36. The third-order valence-electron chi connectivity index (χ3n) is 6.19. The van der Waals surface area contributed by atoms with Crippen LogP contribution >= 0.6 is 15.9 Å². The van der Waals surface area contributed by atoms with Crippen LogP contribution in [0.5, 0.6) is 5.75 Å². The number of carbonyl (C=O) groups is 2. The predicted molar refractivity (Wildman–Crippen MR) is 149 cm³/mol. The highest BCUT2D eigenvalue weighted by Gasteiger charge is 2.30. The maximum atomic E-state index is 12.8. The molecule has 9 nitrogen and oxygen atoms in total. The Kier molecular flexibility index (Phi) is 8.94. The van der Waals surface area contributed by atoms with E-state index in [9.17, 15) is 14.9 Å². The zero-order chi connectivity index (χ0) is 27.1. The number of hydrogen-bond acceptors (Lipinski definition) is 8. The van der Waals surface area contributed by atoms with Gasteiger partial charge in [-0.3, -0.25) is 19.5 Å². The van der Waals surface area contributed by atoms with E-state index in [-0.39, 0.29) is 17.9 Å². The number of likely N-dealkylation sites (tertiary alicyclic amines) is 1. The maximum Gasteiger partial charge on any atom is 0.323 e. The van der Waals surface area contributed by atoms with Gasteiger partial charge in [0.15, 0.2) is 0 Å². The number of nitrogens with one attached hydrogen (secondary N) is 2. The number of benzene rings is 2. The molecule has 10 heteroatoms. The Labute approximate surface area is 229 Å². The normalized spacial score (nSPS) is 15.4. The van der Waals surface area contributed by atoms with Crippen molar-refractivity contribution in [2.24, 2.45) is 0 Å². The van der Waals surface area contributed by atoms with Gasteiger partial charge in [-0.1, -0.05) is 28.1 Å². The Bertz CT molecular complexity index is 1420. The highest BCUT2D eigenvalue weighted by atomic mass is 79.9. The van der Waals surface area contributed by atoms with Crippen LogP contribution in [0.25, 0.3) is 10.9 Å². The Morgan fingerprint density at radius 1 is 1.32 bits per heavy atom. The zero-order valence-electron chi connectivity index (χ0n) is 21.2. The molecule has 1 amide bonds. The number of esters is 1. The van der Waals surface area contributed by atoms with Crippen LogP contribution in [0.2, 0.25) is 0 Å². The quantitative estimate of drug-likeness (QED) is 0.265. The zero-order valence-corrected chi connectivity index (χ0v) is 22.7. The number of carbonyl (C=O) groups excluding carboxylic acids is 2. The van der Waals surface area contributed by atoms with E-state index in [0.29, 0.717) is 46.7 Å². The second-order valence-corrected chi connectivity index (χ2v) is 9.58. The number of anilines is 3. The molecular formula is C28H28BrN5O4. The second kappa shape index (κ2) is 12.5. The fourth-order valence-electron chi connectivity index (χ4n) is 4.44. The number of ether oxygens (including phenoxy) is 2. The molecule has 1 fully saturated rings. The van der Waals surface area contributed by atoms with Crippen LogP contribution in [0.3, 0.4) is 0 Å². The van der Waals surface area contributed by atoms with Gasteiger partial charge < -0.3 is 20.1 Å². The molecule has 2 aromatic carbocycles. The van der Waals surface area contributed by atoms with Gasteiger partial charge in [-0.2, -0.15) is 5.26 Å². The van der Waals surface area contributed by atoms with Crippen molar-refractivity contribution in [2.45, 2.75) is 25.8 Å². The summed E-state index contributed by atoms with van der Waals surface area (Å²) in [7, 11) is 1.51. The SMILES string of the molecule is CCOC(=O)C1CCCN1CC=CC(=O)Nc1cc2c(Nc3cccc(Br)c3)c(C#N)cnc2cc1OC. The summed E-state index contributed by atoms with van der Waals surface area (Å²) in [6.07, 6.45) is 6.34. The Balaban J connectivity index is 1.56. The molecule has 1 atom stereocenters. The minimum atomic E-state index is -0.347. The van der Waals surface area contributed by atoms with Crippen LogP contribution < -0.4 is 15.4 Å². The number of nitriles is 1. The van der Waals surface area contributed by atoms with Crippen molar-refractivity contribution in [3.05, 3.63) is 64.8 Å². The van der Waals surface area contributed by atoms with Crippen molar-refractivity contribution >= 4 is 55.8 Å². The Morgan fingerprint density at radius 2 is 2.16 bits per heavy atom. The topological polar surface area (TPSA) is 117 Å². The van der Waals surface area contributed by atoms with Crippen molar-refractivity contribution in [3.8, 4) is 11.8 Å². The molecule has 2 heterocycles. The fraction of sp³-hybridized carbons (Fsp3) is 0.286. The van der Waals surface area contributed by atoms with Gasteiger partial charge in [0, 0.05) is 40.4 Å². The number of hydrogen-bond donors (Lipinski definition) is 2. The summed E-state index contributed by atoms with van der Waals surface area (Å²) in [4.78, 5) is 31.4. The number of fused-ring (bicyclic) bond motifs is 1. The highest BCUT2D eigenvalue weighted by molar-refractivity contribution is 9.10. The molecule has 1 saturated heterocycles. The molecular weight excluding hydrogens is 550 g/mol. The molecule has 1 aromatic heterocycles. The minimum absolute atomic E-state index is 0.221. The van der Waals surface area contributed by atoms with Gasteiger partial charge in [0.05, 0.1) is 36.2 Å². The molecule has 196 valence electrons. The van der Waals surface area contributed by atoms with Crippen LogP contribution in [0, 0.1) is 11.3 Å². The van der Waals surface area contributed by atoms with Crippen LogP contribution in [0.4, 0.5) is 17.1 Å². The summed E-state index contributed by atoms with van der Waals surface area (Å²) >= 11 is 3.46. The van der Waals surface area contributed by atoms with E-state index in [0.717, 1.165) is 29.5 Å². The smallest absolute Gasteiger partial charge is 0.323 e. The van der Waals surface area contributed by atoms with Crippen LogP contribution in [-0.4, -0.2) is 54.6 Å². The monoisotopic (exact) mass is 577 g/mol. The van der Waals surface area contributed by atoms with E-state index in [4.69, 9.17) is 9.47 Å². The molecule has 0 spiro atoms. The molecule has 3 aromatic rings. The second-order valence-electron chi connectivity index (χ2n) is 8.66. The van der Waals surface area contributed by atoms with Gasteiger partial charge in [-0.05, 0) is 50.6 Å². The first-order valence-corrected chi connectivity index (χ1v) is 13.0. The lowest BCUT2D eigenvalue weighted by atomic mass is 10.1. The molecule has 0 bridgehead atoms. The largest absolute Gasteiger partial charge is 0.494 e. The van der Waals surface area contributed by atoms with Crippen molar-refractivity contribution in [3.63, 3.8) is 0 Å². The number of halogens is 1. The first-order valence-electron chi connectivity index (χ1n) is 12.2.